The molecule has 0 aromatic carbocycles. The minimum atomic E-state index is 0.612. The SMILES string of the molecule is CC(C)Cn1ncnc1CN1CCCC(CN2CCC(C)CC2)C1. The molecule has 0 N–H and O–H groups in total. The summed E-state index contributed by atoms with van der Waals surface area (Å²) in [6, 6.07) is 0. The first-order chi connectivity index (χ1) is 11.6. The van der Waals surface area contributed by atoms with Crippen molar-refractivity contribution in [2.45, 2.75) is 59.5 Å². The lowest BCUT2D eigenvalue weighted by Crippen LogP contribution is -2.43. The summed E-state index contributed by atoms with van der Waals surface area (Å²) in [5.74, 6) is 3.50. The molecule has 24 heavy (non-hydrogen) atoms. The predicted molar refractivity (Wildman–Crippen MR) is 97.7 cm³/mol. The Kier molecular flexibility index (Phi) is 6.28. The topological polar surface area (TPSA) is 37.2 Å². The van der Waals surface area contributed by atoms with Crippen molar-refractivity contribution in [2.75, 3.05) is 32.7 Å². The summed E-state index contributed by atoms with van der Waals surface area (Å²) >= 11 is 0. The zero-order valence-electron chi connectivity index (χ0n) is 15.8. The lowest BCUT2D eigenvalue weighted by molar-refractivity contribution is 0.106. The number of likely N-dealkylation sites (tertiary alicyclic amines) is 2. The van der Waals surface area contributed by atoms with E-state index in [1.54, 1.807) is 6.33 Å². The van der Waals surface area contributed by atoms with E-state index >= 15 is 0 Å². The van der Waals surface area contributed by atoms with E-state index in [4.69, 9.17) is 0 Å². The van der Waals surface area contributed by atoms with Crippen molar-refractivity contribution in [3.8, 4) is 0 Å². The molecule has 2 fully saturated rings. The van der Waals surface area contributed by atoms with E-state index in [0.717, 1.165) is 30.7 Å². The molecule has 0 radical (unpaired) electrons. The molecule has 2 aliphatic heterocycles. The number of aromatic nitrogens is 3. The molecule has 1 atom stereocenters. The van der Waals surface area contributed by atoms with Crippen LogP contribution in [0.1, 0.15) is 52.3 Å². The largest absolute Gasteiger partial charge is 0.303 e. The fourth-order valence-corrected chi connectivity index (χ4v) is 4.16. The van der Waals surface area contributed by atoms with Gasteiger partial charge in [0.05, 0.1) is 6.54 Å². The van der Waals surface area contributed by atoms with Gasteiger partial charge in [-0.25, -0.2) is 9.67 Å². The van der Waals surface area contributed by atoms with Crippen LogP contribution in [0.2, 0.25) is 0 Å². The standard InChI is InChI=1S/C19H35N5/c1-16(2)11-24-19(20-15-21-24)14-23-8-4-5-18(13-23)12-22-9-6-17(3)7-10-22/h15-18H,4-14H2,1-3H3. The van der Waals surface area contributed by atoms with Crippen LogP contribution in [-0.2, 0) is 13.1 Å². The van der Waals surface area contributed by atoms with Gasteiger partial charge in [-0.2, -0.15) is 5.10 Å². The van der Waals surface area contributed by atoms with Gasteiger partial charge in [0.1, 0.15) is 12.2 Å². The van der Waals surface area contributed by atoms with Gasteiger partial charge < -0.3 is 4.90 Å². The van der Waals surface area contributed by atoms with Gasteiger partial charge in [0.2, 0.25) is 0 Å². The molecule has 1 unspecified atom stereocenters. The number of piperidine rings is 2. The third-order valence-electron chi connectivity index (χ3n) is 5.59. The summed E-state index contributed by atoms with van der Waals surface area (Å²) in [5, 5.41) is 4.41. The van der Waals surface area contributed by atoms with Crippen molar-refractivity contribution in [2.24, 2.45) is 17.8 Å². The van der Waals surface area contributed by atoms with Gasteiger partial charge in [-0.05, 0) is 63.1 Å². The molecule has 0 amide bonds. The van der Waals surface area contributed by atoms with Crippen LogP contribution in [0.15, 0.2) is 6.33 Å². The summed E-state index contributed by atoms with van der Waals surface area (Å²) in [6.07, 6.45) is 7.20. The van der Waals surface area contributed by atoms with Crippen molar-refractivity contribution in [3.63, 3.8) is 0 Å². The van der Waals surface area contributed by atoms with Gasteiger partial charge in [0, 0.05) is 19.6 Å². The first-order valence-corrected chi connectivity index (χ1v) is 9.91. The summed E-state index contributed by atoms with van der Waals surface area (Å²) in [6.45, 7) is 15.1. The molecule has 3 heterocycles. The highest BCUT2D eigenvalue weighted by molar-refractivity contribution is 4.87. The van der Waals surface area contributed by atoms with Crippen LogP contribution < -0.4 is 0 Å². The maximum absolute atomic E-state index is 4.51. The Labute approximate surface area is 147 Å². The van der Waals surface area contributed by atoms with Gasteiger partial charge in [-0.15, -0.1) is 0 Å². The van der Waals surface area contributed by atoms with Crippen LogP contribution in [-0.4, -0.2) is 57.3 Å². The quantitative estimate of drug-likeness (QED) is 0.802. The van der Waals surface area contributed by atoms with Crippen LogP contribution in [0.4, 0.5) is 0 Å². The van der Waals surface area contributed by atoms with E-state index in [1.165, 1.54) is 58.4 Å². The van der Waals surface area contributed by atoms with Crippen molar-refractivity contribution < 1.29 is 0 Å². The average Bonchev–Trinajstić information content (AvgIpc) is 2.96. The maximum atomic E-state index is 4.51. The Balaban J connectivity index is 1.49. The molecule has 5 nitrogen and oxygen atoms in total. The molecule has 136 valence electrons. The second-order valence-electron chi connectivity index (χ2n) is 8.48. The number of hydrogen-bond donors (Lipinski definition) is 0. The highest BCUT2D eigenvalue weighted by Crippen LogP contribution is 2.22. The summed E-state index contributed by atoms with van der Waals surface area (Å²) < 4.78 is 2.10. The Bertz CT molecular complexity index is 490. The lowest BCUT2D eigenvalue weighted by atomic mass is 9.94. The zero-order valence-corrected chi connectivity index (χ0v) is 15.8. The fraction of sp³-hybridized carbons (Fsp3) is 0.895. The second kappa shape index (κ2) is 8.43. The molecular formula is C19H35N5. The molecule has 2 aliphatic rings. The first kappa shape index (κ1) is 17.9. The average molecular weight is 334 g/mol. The second-order valence-corrected chi connectivity index (χ2v) is 8.48. The molecule has 5 heteroatoms. The summed E-state index contributed by atoms with van der Waals surface area (Å²) in [5.41, 5.74) is 0. The molecule has 1 aromatic rings. The van der Waals surface area contributed by atoms with Crippen molar-refractivity contribution in [3.05, 3.63) is 12.2 Å². The van der Waals surface area contributed by atoms with E-state index in [1.807, 2.05) is 0 Å². The molecule has 0 bridgehead atoms. The van der Waals surface area contributed by atoms with E-state index in [9.17, 15) is 0 Å². The molecule has 0 aliphatic carbocycles. The Hall–Kier alpha value is -0.940. The van der Waals surface area contributed by atoms with Gasteiger partial charge in [-0.3, -0.25) is 4.90 Å². The zero-order chi connectivity index (χ0) is 16.9. The summed E-state index contributed by atoms with van der Waals surface area (Å²) in [4.78, 5) is 9.81. The van der Waals surface area contributed by atoms with Gasteiger partial charge >= 0.3 is 0 Å². The van der Waals surface area contributed by atoms with E-state index < -0.39 is 0 Å². The molecule has 2 saturated heterocycles. The van der Waals surface area contributed by atoms with E-state index in [0.29, 0.717) is 5.92 Å². The highest BCUT2D eigenvalue weighted by atomic mass is 15.3. The number of nitrogens with zero attached hydrogens (tertiary/aromatic N) is 5. The smallest absolute Gasteiger partial charge is 0.141 e. The molecular weight excluding hydrogens is 298 g/mol. The minimum Gasteiger partial charge on any atom is -0.303 e. The van der Waals surface area contributed by atoms with E-state index in [2.05, 4.69) is 45.3 Å². The molecule has 0 saturated carbocycles. The number of rotatable bonds is 6. The normalized spacial score (nSPS) is 24.8. The van der Waals surface area contributed by atoms with Gasteiger partial charge in [0.15, 0.2) is 0 Å². The monoisotopic (exact) mass is 333 g/mol. The molecule has 3 rings (SSSR count). The van der Waals surface area contributed by atoms with Crippen molar-refractivity contribution in [1.29, 1.82) is 0 Å². The number of hydrogen-bond acceptors (Lipinski definition) is 4. The fourth-order valence-electron chi connectivity index (χ4n) is 4.16. The Morgan fingerprint density at radius 1 is 1.12 bits per heavy atom. The Morgan fingerprint density at radius 2 is 1.92 bits per heavy atom. The predicted octanol–water partition coefficient (Wildman–Crippen LogP) is 2.88. The van der Waals surface area contributed by atoms with Crippen LogP contribution >= 0.6 is 0 Å². The Morgan fingerprint density at radius 3 is 2.67 bits per heavy atom. The van der Waals surface area contributed by atoms with E-state index in [-0.39, 0.29) is 0 Å². The third-order valence-corrected chi connectivity index (χ3v) is 5.59. The van der Waals surface area contributed by atoms with Gasteiger partial charge in [-0.1, -0.05) is 20.8 Å². The van der Waals surface area contributed by atoms with Crippen molar-refractivity contribution >= 4 is 0 Å². The third kappa shape index (κ3) is 5.03. The lowest BCUT2D eigenvalue weighted by Gasteiger charge is -2.37. The van der Waals surface area contributed by atoms with Crippen LogP contribution in [0.5, 0.6) is 0 Å². The maximum Gasteiger partial charge on any atom is 0.141 e. The summed E-state index contributed by atoms with van der Waals surface area (Å²) in [7, 11) is 0. The van der Waals surface area contributed by atoms with Crippen LogP contribution in [0.3, 0.4) is 0 Å². The molecule has 1 aromatic heterocycles. The molecule has 0 spiro atoms. The van der Waals surface area contributed by atoms with Crippen LogP contribution in [0, 0.1) is 17.8 Å². The van der Waals surface area contributed by atoms with Gasteiger partial charge in [0.25, 0.3) is 0 Å². The van der Waals surface area contributed by atoms with Crippen LogP contribution in [0.25, 0.3) is 0 Å². The first-order valence-electron chi connectivity index (χ1n) is 9.91. The van der Waals surface area contributed by atoms with Crippen molar-refractivity contribution in [1.82, 2.24) is 24.6 Å². The highest BCUT2D eigenvalue weighted by Gasteiger charge is 2.25. The minimum absolute atomic E-state index is 0.612.